The Bertz CT molecular complexity index is 384. The van der Waals surface area contributed by atoms with Crippen LogP contribution in [0.25, 0.3) is 0 Å². The lowest BCUT2D eigenvalue weighted by molar-refractivity contribution is -0.728. The summed E-state index contributed by atoms with van der Waals surface area (Å²) in [6, 6.07) is 15.7. The fraction of sp³-hybridized carbons (Fsp3) is 0.214. The van der Waals surface area contributed by atoms with Gasteiger partial charge in [-0.15, -0.1) is 0 Å². The lowest BCUT2D eigenvalue weighted by Gasteiger charge is -2.14. The second-order valence-corrected chi connectivity index (χ2v) is 3.92. The van der Waals surface area contributed by atoms with Crippen LogP contribution in [0.2, 0.25) is 0 Å². The number of aromatic nitrogens is 1. The Morgan fingerprint density at radius 3 is 2.12 bits per heavy atom. The lowest BCUT2D eigenvalue weighted by atomic mass is 10.0. The van der Waals surface area contributed by atoms with Crippen molar-refractivity contribution in [1.82, 2.24) is 0 Å². The van der Waals surface area contributed by atoms with Crippen LogP contribution in [0, 0.1) is 0 Å². The van der Waals surface area contributed by atoms with Gasteiger partial charge in [0.25, 0.3) is 0 Å². The number of aliphatic hydroxyl groups is 1. The Labute approximate surface area is 95.8 Å². The maximum absolute atomic E-state index is 10.2. The fourth-order valence-electron chi connectivity index (χ4n) is 1.78. The van der Waals surface area contributed by atoms with E-state index in [2.05, 4.69) is 0 Å². The van der Waals surface area contributed by atoms with Crippen LogP contribution in [-0.2, 0) is 0 Å². The molecule has 0 aliphatic heterocycles. The van der Waals surface area contributed by atoms with E-state index in [4.69, 9.17) is 0 Å². The highest BCUT2D eigenvalue weighted by molar-refractivity contribution is 5.17. The third-order valence-electron chi connectivity index (χ3n) is 2.81. The van der Waals surface area contributed by atoms with Crippen LogP contribution < -0.4 is 4.57 Å². The SMILES string of the molecule is C[C@H]([C@H](O)c1ccccc1)[n+]1ccccc1. The minimum absolute atomic E-state index is 0.0311. The van der Waals surface area contributed by atoms with Crippen molar-refractivity contribution in [2.45, 2.75) is 19.1 Å². The molecule has 2 aromatic rings. The van der Waals surface area contributed by atoms with Crippen LogP contribution in [0.3, 0.4) is 0 Å². The van der Waals surface area contributed by atoms with Gasteiger partial charge in [-0.2, -0.15) is 4.57 Å². The molecule has 16 heavy (non-hydrogen) atoms. The molecule has 2 atom stereocenters. The molecule has 1 heterocycles. The standard InChI is InChI=1S/C14H16NO/c1-12(15-10-6-3-7-11-15)14(16)13-8-4-2-5-9-13/h2-12,14,16H,1H3/q+1/t12-,14+/m1/s1. The van der Waals surface area contributed by atoms with Crippen molar-refractivity contribution >= 4 is 0 Å². The average Bonchev–Trinajstić information content (AvgIpc) is 2.39. The Morgan fingerprint density at radius 1 is 0.938 bits per heavy atom. The first-order valence-corrected chi connectivity index (χ1v) is 5.48. The van der Waals surface area contributed by atoms with E-state index in [0.29, 0.717) is 0 Å². The van der Waals surface area contributed by atoms with Gasteiger partial charge in [0, 0.05) is 19.1 Å². The molecule has 0 amide bonds. The quantitative estimate of drug-likeness (QED) is 0.779. The molecule has 0 aliphatic carbocycles. The average molecular weight is 214 g/mol. The normalized spacial score (nSPS) is 14.4. The number of aliphatic hydroxyl groups excluding tert-OH is 1. The number of hydrogen-bond acceptors (Lipinski definition) is 1. The first-order valence-electron chi connectivity index (χ1n) is 5.48. The van der Waals surface area contributed by atoms with Gasteiger partial charge in [-0.1, -0.05) is 36.4 Å². The summed E-state index contributed by atoms with van der Waals surface area (Å²) in [6.45, 7) is 2.01. The topological polar surface area (TPSA) is 24.1 Å². The highest BCUT2D eigenvalue weighted by atomic mass is 16.3. The van der Waals surface area contributed by atoms with Crippen molar-refractivity contribution in [2.75, 3.05) is 0 Å². The van der Waals surface area contributed by atoms with Gasteiger partial charge in [-0.3, -0.25) is 0 Å². The van der Waals surface area contributed by atoms with Gasteiger partial charge in [-0.25, -0.2) is 0 Å². The molecule has 0 unspecified atom stereocenters. The van der Waals surface area contributed by atoms with Gasteiger partial charge in [0.15, 0.2) is 18.4 Å². The van der Waals surface area contributed by atoms with Crippen LogP contribution >= 0.6 is 0 Å². The Kier molecular flexibility index (Phi) is 3.32. The van der Waals surface area contributed by atoms with Crippen LogP contribution in [0.1, 0.15) is 24.6 Å². The molecule has 2 heteroatoms. The van der Waals surface area contributed by atoms with Crippen molar-refractivity contribution in [3.05, 3.63) is 66.5 Å². The number of nitrogens with zero attached hydrogens (tertiary/aromatic N) is 1. The molecule has 1 aromatic carbocycles. The van der Waals surface area contributed by atoms with E-state index >= 15 is 0 Å². The van der Waals surface area contributed by atoms with E-state index in [-0.39, 0.29) is 6.04 Å². The number of hydrogen-bond donors (Lipinski definition) is 1. The van der Waals surface area contributed by atoms with Crippen LogP contribution in [0.4, 0.5) is 0 Å². The molecule has 0 saturated heterocycles. The molecule has 0 radical (unpaired) electrons. The summed E-state index contributed by atoms with van der Waals surface area (Å²) in [5.74, 6) is 0. The molecular weight excluding hydrogens is 198 g/mol. The molecule has 0 bridgehead atoms. The minimum atomic E-state index is -0.478. The third-order valence-corrected chi connectivity index (χ3v) is 2.81. The smallest absolute Gasteiger partial charge is 0.185 e. The summed E-state index contributed by atoms with van der Waals surface area (Å²) < 4.78 is 2.01. The van der Waals surface area contributed by atoms with Gasteiger partial charge in [-0.05, 0) is 5.56 Å². The van der Waals surface area contributed by atoms with Gasteiger partial charge in [0.1, 0.15) is 6.10 Å². The highest BCUT2D eigenvalue weighted by Crippen LogP contribution is 2.20. The molecule has 0 aliphatic rings. The van der Waals surface area contributed by atoms with E-state index in [0.717, 1.165) is 5.56 Å². The van der Waals surface area contributed by atoms with Crippen molar-refractivity contribution < 1.29 is 9.67 Å². The first-order chi connectivity index (χ1) is 7.79. The Morgan fingerprint density at radius 2 is 1.50 bits per heavy atom. The summed E-state index contributed by atoms with van der Waals surface area (Å²) >= 11 is 0. The molecule has 1 aromatic heterocycles. The summed E-state index contributed by atoms with van der Waals surface area (Å²) in [6.07, 6.45) is 3.46. The highest BCUT2D eigenvalue weighted by Gasteiger charge is 2.23. The summed E-state index contributed by atoms with van der Waals surface area (Å²) in [7, 11) is 0. The van der Waals surface area contributed by atoms with Gasteiger partial charge >= 0.3 is 0 Å². The third kappa shape index (κ3) is 2.28. The number of pyridine rings is 1. The second-order valence-electron chi connectivity index (χ2n) is 3.92. The fourth-order valence-corrected chi connectivity index (χ4v) is 1.78. The molecule has 0 spiro atoms. The van der Waals surface area contributed by atoms with Gasteiger partial charge in [0.2, 0.25) is 0 Å². The van der Waals surface area contributed by atoms with E-state index < -0.39 is 6.10 Å². The van der Waals surface area contributed by atoms with Crippen molar-refractivity contribution in [1.29, 1.82) is 0 Å². The minimum Gasteiger partial charge on any atom is -0.381 e. The van der Waals surface area contributed by atoms with Crippen LogP contribution in [-0.4, -0.2) is 5.11 Å². The summed E-state index contributed by atoms with van der Waals surface area (Å²) in [5, 5.41) is 10.2. The number of rotatable bonds is 3. The maximum Gasteiger partial charge on any atom is 0.185 e. The lowest BCUT2D eigenvalue weighted by Crippen LogP contribution is -2.40. The number of benzene rings is 1. The van der Waals surface area contributed by atoms with Gasteiger partial charge < -0.3 is 5.11 Å². The maximum atomic E-state index is 10.2. The molecule has 1 N–H and O–H groups in total. The predicted molar refractivity (Wildman–Crippen MR) is 62.7 cm³/mol. The molecular formula is C14H16NO+. The molecule has 82 valence electrons. The van der Waals surface area contributed by atoms with E-state index in [9.17, 15) is 5.11 Å². The zero-order valence-electron chi connectivity index (χ0n) is 9.32. The van der Waals surface area contributed by atoms with Crippen LogP contribution in [0.15, 0.2) is 60.9 Å². The van der Waals surface area contributed by atoms with Gasteiger partial charge in [0.05, 0.1) is 0 Å². The van der Waals surface area contributed by atoms with E-state index in [1.54, 1.807) is 0 Å². The predicted octanol–water partition coefficient (Wildman–Crippen LogP) is 2.27. The van der Waals surface area contributed by atoms with Crippen LogP contribution in [0.5, 0.6) is 0 Å². The largest absolute Gasteiger partial charge is 0.381 e. The molecule has 0 fully saturated rings. The van der Waals surface area contributed by atoms with Crippen molar-refractivity contribution in [2.24, 2.45) is 0 Å². The first kappa shape index (κ1) is 10.8. The zero-order chi connectivity index (χ0) is 11.4. The van der Waals surface area contributed by atoms with Crippen molar-refractivity contribution in [3.63, 3.8) is 0 Å². The summed E-state index contributed by atoms with van der Waals surface area (Å²) in [5.41, 5.74) is 0.950. The Balaban J connectivity index is 2.20. The molecule has 2 rings (SSSR count). The second kappa shape index (κ2) is 4.90. The summed E-state index contributed by atoms with van der Waals surface area (Å²) in [4.78, 5) is 0. The molecule has 2 nitrogen and oxygen atoms in total. The van der Waals surface area contributed by atoms with E-state index in [1.807, 2.05) is 72.4 Å². The monoisotopic (exact) mass is 214 g/mol. The molecule has 0 saturated carbocycles. The zero-order valence-corrected chi connectivity index (χ0v) is 9.32. The Hall–Kier alpha value is -1.67. The van der Waals surface area contributed by atoms with Crippen molar-refractivity contribution in [3.8, 4) is 0 Å². The van der Waals surface area contributed by atoms with E-state index in [1.165, 1.54) is 0 Å².